The molecule has 0 spiro atoms. The van der Waals surface area contributed by atoms with E-state index in [0.29, 0.717) is 0 Å². The van der Waals surface area contributed by atoms with Crippen molar-refractivity contribution in [1.29, 1.82) is 1.43 Å². The standard InChI is InChI=1S/C5H11O9P/c6-2(1-14-15(11,12)13)3(7)4(8)5(9)10/h2-4,6-8H,1H2,(H,9,10)(H2,11,12,13)/i/hD. The van der Waals surface area contributed by atoms with Gasteiger partial charge in [-0.15, -0.1) is 0 Å². The zero-order valence-electron chi connectivity index (χ0n) is 8.26. The minimum absolute atomic E-state index is 0.988. The number of carbonyl (C=O) groups is 1. The molecule has 0 aliphatic rings. The van der Waals surface area contributed by atoms with Crippen molar-refractivity contribution in [2.75, 3.05) is 6.61 Å². The molecule has 0 aliphatic heterocycles. The van der Waals surface area contributed by atoms with Crippen molar-refractivity contribution < 1.29 is 44.1 Å². The predicted octanol–water partition coefficient (Wildman–Crippen LogP) is -2.74. The fourth-order valence-corrected chi connectivity index (χ4v) is 0.967. The molecule has 0 aromatic heterocycles. The predicted molar refractivity (Wildman–Crippen MR) is 43.7 cm³/mol. The largest absolute Gasteiger partial charge is 0.479 e. The molecule has 0 saturated carbocycles. The number of carboxylic acid groups (broad SMARTS) is 1. The second kappa shape index (κ2) is 5.52. The van der Waals surface area contributed by atoms with Crippen molar-refractivity contribution >= 4 is 13.8 Å². The minimum Gasteiger partial charge on any atom is -0.479 e. The van der Waals surface area contributed by atoms with E-state index in [1.807, 2.05) is 0 Å². The van der Waals surface area contributed by atoms with Gasteiger partial charge in [0.15, 0.2) is 6.10 Å². The summed E-state index contributed by atoms with van der Waals surface area (Å²) < 4.78 is 20.6. The van der Waals surface area contributed by atoms with Crippen LogP contribution in [0.2, 0.25) is 0 Å². The molecular weight excluding hydrogens is 235 g/mol. The Morgan fingerprint density at radius 2 is 2.00 bits per heavy atom. The van der Waals surface area contributed by atoms with Crippen LogP contribution in [0.4, 0.5) is 0 Å². The molecule has 0 aromatic rings. The monoisotopic (exact) mass is 247 g/mol. The smallest absolute Gasteiger partial charge is 0.469 e. The summed E-state index contributed by atoms with van der Waals surface area (Å²) in [7, 11) is -4.65. The van der Waals surface area contributed by atoms with Crippen LogP contribution in [0.15, 0.2) is 0 Å². The van der Waals surface area contributed by atoms with Crippen LogP contribution < -0.4 is 0 Å². The summed E-state index contributed by atoms with van der Waals surface area (Å²) in [6.45, 7) is -0.988. The van der Waals surface area contributed by atoms with Crippen LogP contribution in [0.3, 0.4) is 0 Å². The lowest BCUT2D eigenvalue weighted by Gasteiger charge is -2.19. The number of hydrogen-bond acceptors (Lipinski definition) is 7. The van der Waals surface area contributed by atoms with E-state index in [0.717, 1.165) is 0 Å². The highest BCUT2D eigenvalue weighted by Gasteiger charge is 2.31. The SMILES string of the molecule is [2H]OP(=O)(O)OCC(O)C(O)C(O)C(=O)O. The molecule has 6 N–H and O–H groups in total. The summed E-state index contributed by atoms with van der Waals surface area (Å²) in [5.74, 6) is -1.78. The molecule has 4 atom stereocenters. The van der Waals surface area contributed by atoms with Gasteiger partial charge < -0.3 is 30.2 Å². The third-order valence-electron chi connectivity index (χ3n) is 1.38. The average molecular weight is 247 g/mol. The highest BCUT2D eigenvalue weighted by molar-refractivity contribution is 7.46. The molecule has 9 nitrogen and oxygen atoms in total. The van der Waals surface area contributed by atoms with E-state index in [-0.39, 0.29) is 0 Å². The van der Waals surface area contributed by atoms with Gasteiger partial charge in [0.25, 0.3) is 0 Å². The number of aliphatic hydroxyl groups is 3. The van der Waals surface area contributed by atoms with E-state index in [4.69, 9.17) is 26.8 Å². The van der Waals surface area contributed by atoms with Gasteiger partial charge in [0, 0.05) is 0 Å². The first-order chi connectivity index (χ1) is 7.21. The van der Waals surface area contributed by atoms with Crippen molar-refractivity contribution in [3.63, 3.8) is 0 Å². The van der Waals surface area contributed by atoms with Gasteiger partial charge in [0.1, 0.15) is 12.2 Å². The van der Waals surface area contributed by atoms with Crippen LogP contribution in [-0.4, -0.2) is 62.5 Å². The van der Waals surface area contributed by atoms with Crippen LogP contribution in [0.1, 0.15) is 0 Å². The maximum atomic E-state index is 10.6. The van der Waals surface area contributed by atoms with Gasteiger partial charge in [-0.1, -0.05) is 0 Å². The molecule has 90 valence electrons. The van der Waals surface area contributed by atoms with E-state index in [1.54, 1.807) is 0 Å². The molecule has 0 fully saturated rings. The summed E-state index contributed by atoms with van der Waals surface area (Å²) in [4.78, 5) is 22.0. The lowest BCUT2D eigenvalue weighted by Crippen LogP contribution is -2.44. The number of hydrogen-bond donors (Lipinski definition) is 6. The molecule has 0 amide bonds. The van der Waals surface area contributed by atoms with Crippen LogP contribution in [-0.2, 0) is 13.9 Å². The van der Waals surface area contributed by atoms with E-state index >= 15 is 0 Å². The van der Waals surface area contributed by atoms with Crippen LogP contribution >= 0.6 is 7.82 Å². The Hall–Kier alpha value is -0.540. The Labute approximate surface area is 85.3 Å². The van der Waals surface area contributed by atoms with Crippen molar-refractivity contribution in [2.45, 2.75) is 18.3 Å². The molecule has 0 aliphatic carbocycles. The van der Waals surface area contributed by atoms with Gasteiger partial charge in [-0.2, -0.15) is 0 Å². The third-order valence-corrected chi connectivity index (χ3v) is 1.85. The lowest BCUT2D eigenvalue weighted by molar-refractivity contribution is -0.159. The summed E-state index contributed by atoms with van der Waals surface area (Å²) in [5, 5.41) is 35.1. The normalized spacial score (nSPS) is 22.3. The second-order valence-electron chi connectivity index (χ2n) is 2.61. The number of aliphatic hydroxyl groups excluding tert-OH is 3. The molecule has 0 aromatic carbocycles. The molecular formula is C5H11O9P. The van der Waals surface area contributed by atoms with Crippen molar-refractivity contribution in [3.05, 3.63) is 0 Å². The van der Waals surface area contributed by atoms with Gasteiger partial charge in [-0.25, -0.2) is 9.36 Å². The number of aliphatic carboxylic acids is 1. The van der Waals surface area contributed by atoms with Gasteiger partial charge in [-0.3, -0.25) is 4.52 Å². The number of phosphoric ester groups is 1. The highest BCUT2D eigenvalue weighted by atomic mass is 31.2. The fraction of sp³-hybridized carbons (Fsp3) is 0.800. The van der Waals surface area contributed by atoms with Gasteiger partial charge in [-0.05, 0) is 0 Å². The fourth-order valence-electron chi connectivity index (χ4n) is 0.626. The van der Waals surface area contributed by atoms with Gasteiger partial charge >= 0.3 is 13.8 Å². The third kappa shape index (κ3) is 5.80. The summed E-state index contributed by atoms with van der Waals surface area (Å²) in [5.41, 5.74) is 0. The van der Waals surface area contributed by atoms with Gasteiger partial charge in [0.05, 0.1) is 6.61 Å². The number of rotatable bonds is 7. The zero-order chi connectivity index (χ0) is 12.9. The molecule has 0 heterocycles. The maximum Gasteiger partial charge on any atom is 0.469 e. The van der Waals surface area contributed by atoms with Crippen molar-refractivity contribution in [1.82, 2.24) is 0 Å². The Morgan fingerprint density at radius 1 is 1.47 bits per heavy atom. The number of phosphoric acid groups is 1. The lowest BCUT2D eigenvalue weighted by atomic mass is 10.1. The minimum atomic E-state index is -4.65. The summed E-state index contributed by atoms with van der Waals surface area (Å²) in [6.07, 6.45) is -6.31. The van der Waals surface area contributed by atoms with Crippen molar-refractivity contribution in [3.8, 4) is 0 Å². The molecule has 0 radical (unpaired) electrons. The zero-order valence-corrected chi connectivity index (χ0v) is 8.15. The molecule has 0 bridgehead atoms. The molecule has 10 heteroatoms. The summed E-state index contributed by atoms with van der Waals surface area (Å²) >= 11 is 0. The highest BCUT2D eigenvalue weighted by Crippen LogP contribution is 2.35. The Bertz CT molecular complexity index is 283. The molecule has 15 heavy (non-hydrogen) atoms. The Balaban J connectivity index is 4.21. The molecule has 0 saturated heterocycles. The molecule has 4 unspecified atom stereocenters. The Morgan fingerprint density at radius 3 is 2.40 bits per heavy atom. The first-order valence-corrected chi connectivity index (χ1v) is 5.10. The number of carboxylic acids is 1. The van der Waals surface area contributed by atoms with Gasteiger partial charge in [0.2, 0.25) is 1.43 Å². The van der Waals surface area contributed by atoms with Crippen LogP contribution in [0.5, 0.6) is 0 Å². The van der Waals surface area contributed by atoms with E-state index in [1.165, 1.54) is 0 Å². The topological polar surface area (TPSA) is 165 Å². The quantitative estimate of drug-likeness (QED) is 0.262. The van der Waals surface area contributed by atoms with E-state index in [9.17, 15) is 9.36 Å². The Kier molecular flexibility index (Phi) is 4.61. The maximum absolute atomic E-state index is 10.6. The van der Waals surface area contributed by atoms with E-state index in [2.05, 4.69) is 9.42 Å². The van der Waals surface area contributed by atoms with Crippen LogP contribution in [0.25, 0.3) is 0 Å². The average Bonchev–Trinajstić information content (AvgIpc) is 2.23. The molecule has 0 rings (SSSR count). The first kappa shape index (κ1) is 12.5. The summed E-state index contributed by atoms with van der Waals surface area (Å²) in [6, 6.07) is 0. The van der Waals surface area contributed by atoms with Crippen LogP contribution in [0, 0.1) is 0 Å². The first-order valence-electron chi connectivity index (χ1n) is 4.01. The van der Waals surface area contributed by atoms with E-state index < -0.39 is 38.7 Å². The second-order valence-corrected chi connectivity index (χ2v) is 3.80. The van der Waals surface area contributed by atoms with Crippen molar-refractivity contribution in [2.24, 2.45) is 0 Å².